The maximum atomic E-state index is 12.4. The Hall–Kier alpha value is -1.96. The Labute approximate surface area is 100 Å². The van der Waals surface area contributed by atoms with Gasteiger partial charge in [0.15, 0.2) is 5.82 Å². The Morgan fingerprint density at radius 1 is 1.17 bits per heavy atom. The molecule has 0 spiro atoms. The number of tetrazole rings is 1. The number of halogens is 3. The van der Waals surface area contributed by atoms with E-state index < -0.39 is 11.7 Å². The quantitative estimate of drug-likeness (QED) is 0.896. The fraction of sp³-hybridized carbons (Fsp3) is 0.300. The summed E-state index contributed by atoms with van der Waals surface area (Å²) in [6, 6.07) is 4.62. The molecule has 1 aromatic heterocycles. The summed E-state index contributed by atoms with van der Waals surface area (Å²) in [4.78, 5) is 0. The highest BCUT2D eigenvalue weighted by Gasteiger charge is 2.30. The Balaban J connectivity index is 2.32. The van der Waals surface area contributed by atoms with Gasteiger partial charge in [-0.05, 0) is 41.2 Å². The largest absolute Gasteiger partial charge is 0.416 e. The van der Waals surface area contributed by atoms with E-state index in [4.69, 9.17) is 5.73 Å². The molecule has 0 aliphatic rings. The molecular formula is C10H10F3N5. The van der Waals surface area contributed by atoms with Crippen LogP contribution in [-0.4, -0.2) is 26.8 Å². The highest BCUT2D eigenvalue weighted by atomic mass is 19.4. The second-order valence-electron chi connectivity index (χ2n) is 3.59. The molecule has 0 aliphatic heterocycles. The lowest BCUT2D eigenvalue weighted by atomic mass is 10.2. The van der Waals surface area contributed by atoms with Gasteiger partial charge in [0.1, 0.15) is 0 Å². The average Bonchev–Trinajstić information content (AvgIpc) is 2.77. The zero-order chi connectivity index (χ0) is 13.2. The third kappa shape index (κ3) is 2.48. The van der Waals surface area contributed by atoms with E-state index in [-0.39, 0.29) is 0 Å². The molecule has 0 saturated heterocycles. The molecule has 0 unspecified atom stereocenters. The second-order valence-corrected chi connectivity index (χ2v) is 3.59. The van der Waals surface area contributed by atoms with Crippen LogP contribution >= 0.6 is 0 Å². The van der Waals surface area contributed by atoms with Gasteiger partial charge < -0.3 is 5.73 Å². The van der Waals surface area contributed by atoms with Crippen LogP contribution < -0.4 is 5.73 Å². The molecule has 5 nitrogen and oxygen atoms in total. The average molecular weight is 257 g/mol. The van der Waals surface area contributed by atoms with E-state index in [9.17, 15) is 13.2 Å². The van der Waals surface area contributed by atoms with Crippen LogP contribution in [0.15, 0.2) is 24.3 Å². The van der Waals surface area contributed by atoms with Gasteiger partial charge in [-0.1, -0.05) is 0 Å². The van der Waals surface area contributed by atoms with E-state index in [1.165, 1.54) is 16.8 Å². The normalized spacial score (nSPS) is 11.8. The molecule has 1 aromatic carbocycles. The zero-order valence-corrected chi connectivity index (χ0v) is 9.22. The number of nitrogens with zero attached hydrogens (tertiary/aromatic N) is 4. The van der Waals surface area contributed by atoms with Gasteiger partial charge >= 0.3 is 6.18 Å². The Morgan fingerprint density at radius 3 is 2.39 bits per heavy atom. The van der Waals surface area contributed by atoms with Crippen molar-refractivity contribution in [2.24, 2.45) is 5.73 Å². The van der Waals surface area contributed by atoms with E-state index in [0.29, 0.717) is 24.5 Å². The highest BCUT2D eigenvalue weighted by Crippen LogP contribution is 2.29. The summed E-state index contributed by atoms with van der Waals surface area (Å²) >= 11 is 0. The minimum Gasteiger partial charge on any atom is -0.330 e. The molecule has 0 saturated carbocycles. The Kier molecular flexibility index (Phi) is 3.28. The molecule has 8 heteroatoms. The van der Waals surface area contributed by atoms with Gasteiger partial charge in [-0.3, -0.25) is 0 Å². The van der Waals surface area contributed by atoms with Gasteiger partial charge in [-0.2, -0.15) is 17.9 Å². The van der Waals surface area contributed by atoms with Crippen molar-refractivity contribution in [3.63, 3.8) is 0 Å². The van der Waals surface area contributed by atoms with Crippen molar-refractivity contribution >= 4 is 0 Å². The van der Waals surface area contributed by atoms with Crippen molar-refractivity contribution in [1.82, 2.24) is 20.2 Å². The summed E-state index contributed by atoms with van der Waals surface area (Å²) in [6.07, 6.45) is -3.90. The second kappa shape index (κ2) is 4.73. The lowest BCUT2D eigenvalue weighted by molar-refractivity contribution is -0.137. The van der Waals surface area contributed by atoms with Crippen molar-refractivity contribution in [2.45, 2.75) is 12.6 Å². The molecule has 1 heterocycles. The van der Waals surface area contributed by atoms with Gasteiger partial charge in [0.05, 0.1) is 11.3 Å². The smallest absolute Gasteiger partial charge is 0.330 e. The molecule has 0 aliphatic carbocycles. The van der Waals surface area contributed by atoms with E-state index in [2.05, 4.69) is 15.5 Å². The fourth-order valence-electron chi connectivity index (χ4n) is 1.48. The van der Waals surface area contributed by atoms with Crippen LogP contribution in [0.3, 0.4) is 0 Å². The van der Waals surface area contributed by atoms with Crippen molar-refractivity contribution in [2.75, 3.05) is 6.54 Å². The lowest BCUT2D eigenvalue weighted by Crippen LogP contribution is -2.10. The number of hydrogen-bond acceptors (Lipinski definition) is 4. The van der Waals surface area contributed by atoms with Gasteiger partial charge in [-0.25, -0.2) is 0 Å². The third-order valence-electron chi connectivity index (χ3n) is 2.34. The van der Waals surface area contributed by atoms with Crippen molar-refractivity contribution in [3.05, 3.63) is 35.7 Å². The van der Waals surface area contributed by atoms with Gasteiger partial charge in [0.2, 0.25) is 0 Å². The Morgan fingerprint density at radius 2 is 1.83 bits per heavy atom. The molecule has 0 atom stereocenters. The number of alkyl halides is 3. The molecule has 2 N–H and O–H groups in total. The van der Waals surface area contributed by atoms with Crippen LogP contribution in [0.1, 0.15) is 11.4 Å². The van der Waals surface area contributed by atoms with Crippen LogP contribution in [0.25, 0.3) is 5.69 Å². The number of aromatic nitrogens is 4. The van der Waals surface area contributed by atoms with Crippen LogP contribution in [0.5, 0.6) is 0 Å². The first-order valence-corrected chi connectivity index (χ1v) is 5.17. The number of benzene rings is 1. The lowest BCUT2D eigenvalue weighted by Gasteiger charge is -2.08. The SMILES string of the molecule is NCCc1nnnn1-c1ccc(C(F)(F)F)cc1. The highest BCUT2D eigenvalue weighted by molar-refractivity contribution is 5.35. The zero-order valence-electron chi connectivity index (χ0n) is 9.22. The summed E-state index contributed by atoms with van der Waals surface area (Å²) in [5.41, 5.74) is 5.15. The summed E-state index contributed by atoms with van der Waals surface area (Å²) in [5, 5.41) is 10.9. The van der Waals surface area contributed by atoms with Crippen molar-refractivity contribution < 1.29 is 13.2 Å². The maximum Gasteiger partial charge on any atom is 0.416 e. The molecule has 18 heavy (non-hydrogen) atoms. The minimum absolute atomic E-state index is 0.362. The van der Waals surface area contributed by atoms with Gasteiger partial charge in [0, 0.05) is 6.42 Å². The third-order valence-corrected chi connectivity index (χ3v) is 2.34. The first kappa shape index (κ1) is 12.5. The van der Waals surface area contributed by atoms with Gasteiger partial charge in [0.25, 0.3) is 0 Å². The summed E-state index contributed by atoms with van der Waals surface area (Å²) in [5.74, 6) is 0.511. The molecule has 2 aromatic rings. The number of nitrogens with two attached hydrogens (primary N) is 1. The summed E-state index contributed by atoms with van der Waals surface area (Å²) in [6.45, 7) is 0.362. The fourth-order valence-corrected chi connectivity index (χ4v) is 1.48. The molecule has 0 fully saturated rings. The summed E-state index contributed by atoms with van der Waals surface area (Å²) in [7, 11) is 0. The predicted octanol–water partition coefficient (Wildman–Crippen LogP) is 1.18. The molecule has 0 radical (unpaired) electrons. The van der Waals surface area contributed by atoms with Crippen molar-refractivity contribution in [1.29, 1.82) is 0 Å². The topological polar surface area (TPSA) is 69.6 Å². The first-order valence-electron chi connectivity index (χ1n) is 5.17. The molecule has 0 bridgehead atoms. The molecule has 2 rings (SSSR count). The van der Waals surface area contributed by atoms with E-state index in [1.807, 2.05) is 0 Å². The Bertz CT molecular complexity index is 517. The first-order chi connectivity index (χ1) is 8.52. The minimum atomic E-state index is -4.35. The molecule has 96 valence electrons. The van der Waals surface area contributed by atoms with E-state index in [0.717, 1.165) is 12.1 Å². The monoisotopic (exact) mass is 257 g/mol. The standard InChI is InChI=1S/C10H10F3N5/c11-10(12,13)7-1-3-8(4-2-7)18-9(5-6-14)15-16-17-18/h1-4H,5-6,14H2. The van der Waals surface area contributed by atoms with Crippen LogP contribution in [0.2, 0.25) is 0 Å². The number of rotatable bonds is 3. The van der Waals surface area contributed by atoms with E-state index in [1.54, 1.807) is 0 Å². The van der Waals surface area contributed by atoms with Crippen LogP contribution in [-0.2, 0) is 12.6 Å². The molecule has 0 amide bonds. The van der Waals surface area contributed by atoms with Crippen LogP contribution in [0.4, 0.5) is 13.2 Å². The number of hydrogen-bond donors (Lipinski definition) is 1. The summed E-state index contributed by atoms with van der Waals surface area (Å²) < 4.78 is 38.6. The van der Waals surface area contributed by atoms with Crippen LogP contribution in [0, 0.1) is 0 Å². The molecular weight excluding hydrogens is 247 g/mol. The van der Waals surface area contributed by atoms with Crippen molar-refractivity contribution in [3.8, 4) is 5.69 Å². The van der Waals surface area contributed by atoms with E-state index >= 15 is 0 Å². The predicted molar refractivity (Wildman–Crippen MR) is 56.9 cm³/mol. The maximum absolute atomic E-state index is 12.4. The van der Waals surface area contributed by atoms with Gasteiger partial charge in [-0.15, -0.1) is 5.10 Å².